The number of hydrogen-bond acceptors (Lipinski definition) is 3. The molecule has 1 aromatic rings. The maximum absolute atomic E-state index is 11.9. The van der Waals surface area contributed by atoms with Crippen LogP contribution in [0.3, 0.4) is 0 Å². The van der Waals surface area contributed by atoms with Gasteiger partial charge in [-0.2, -0.15) is 0 Å². The van der Waals surface area contributed by atoms with Gasteiger partial charge in [-0.3, -0.25) is 4.79 Å². The molecule has 0 aromatic heterocycles. The molecule has 0 atom stereocenters. The highest BCUT2D eigenvalue weighted by atomic mass is 35.5. The Morgan fingerprint density at radius 2 is 1.94 bits per heavy atom. The van der Waals surface area contributed by atoms with Gasteiger partial charge in [0.2, 0.25) is 15.9 Å². The van der Waals surface area contributed by atoms with Gasteiger partial charge in [0, 0.05) is 25.0 Å². The van der Waals surface area contributed by atoms with E-state index < -0.39 is 10.0 Å². The van der Waals surface area contributed by atoms with Crippen molar-refractivity contribution in [1.82, 2.24) is 10.0 Å². The first-order valence-electron chi connectivity index (χ1n) is 5.02. The molecule has 0 aliphatic carbocycles. The molecule has 100 valence electrons. The summed E-state index contributed by atoms with van der Waals surface area (Å²) in [4.78, 5) is 10.5. The minimum atomic E-state index is -3.73. The van der Waals surface area contributed by atoms with Crippen molar-refractivity contribution in [2.45, 2.75) is 11.8 Å². The first kappa shape index (κ1) is 15.2. The zero-order chi connectivity index (χ0) is 13.8. The molecule has 5 nitrogen and oxygen atoms in total. The maximum Gasteiger partial charge on any atom is 0.242 e. The molecule has 0 saturated carbocycles. The summed E-state index contributed by atoms with van der Waals surface area (Å²) in [7, 11) is -3.73. The van der Waals surface area contributed by atoms with Crippen LogP contribution in [0.15, 0.2) is 23.1 Å². The molecule has 2 N–H and O–H groups in total. The van der Waals surface area contributed by atoms with Gasteiger partial charge in [-0.25, -0.2) is 13.1 Å². The fourth-order valence-corrected chi connectivity index (χ4v) is 2.98. The number of nitrogens with one attached hydrogen (secondary N) is 2. The second-order valence-electron chi connectivity index (χ2n) is 3.46. The summed E-state index contributed by atoms with van der Waals surface area (Å²) in [5.41, 5.74) is 0. The average Bonchev–Trinajstić information content (AvgIpc) is 2.27. The summed E-state index contributed by atoms with van der Waals surface area (Å²) in [6.45, 7) is 1.62. The highest BCUT2D eigenvalue weighted by Gasteiger charge is 2.17. The van der Waals surface area contributed by atoms with E-state index in [4.69, 9.17) is 23.2 Å². The van der Waals surface area contributed by atoms with Crippen LogP contribution in [0.4, 0.5) is 0 Å². The van der Waals surface area contributed by atoms with Crippen molar-refractivity contribution in [3.05, 3.63) is 28.2 Å². The number of sulfonamides is 1. The quantitative estimate of drug-likeness (QED) is 0.807. The van der Waals surface area contributed by atoms with Crippen LogP contribution in [-0.2, 0) is 14.8 Å². The van der Waals surface area contributed by atoms with E-state index in [1.165, 1.54) is 25.1 Å². The number of carbonyl (C=O) groups excluding carboxylic acids is 1. The van der Waals surface area contributed by atoms with Gasteiger partial charge in [-0.15, -0.1) is 0 Å². The first-order valence-corrected chi connectivity index (χ1v) is 7.26. The number of carbonyl (C=O) groups is 1. The minimum Gasteiger partial charge on any atom is -0.355 e. The van der Waals surface area contributed by atoms with Crippen molar-refractivity contribution in [2.75, 3.05) is 13.1 Å². The summed E-state index contributed by atoms with van der Waals surface area (Å²) in [5.74, 6) is -0.227. The first-order chi connectivity index (χ1) is 8.33. The third-order valence-electron chi connectivity index (χ3n) is 1.97. The molecule has 0 bridgehead atoms. The normalized spacial score (nSPS) is 11.3. The summed E-state index contributed by atoms with van der Waals surface area (Å²) in [5, 5.41) is 2.84. The number of rotatable bonds is 5. The summed E-state index contributed by atoms with van der Waals surface area (Å²) in [6.07, 6.45) is 0. The van der Waals surface area contributed by atoms with Crippen LogP contribution in [0.1, 0.15) is 6.92 Å². The average molecular weight is 311 g/mol. The Balaban J connectivity index is 2.74. The smallest absolute Gasteiger partial charge is 0.242 e. The highest BCUT2D eigenvalue weighted by Crippen LogP contribution is 2.24. The zero-order valence-electron chi connectivity index (χ0n) is 9.54. The summed E-state index contributed by atoms with van der Waals surface area (Å²) < 4.78 is 26.1. The highest BCUT2D eigenvalue weighted by molar-refractivity contribution is 7.89. The Kier molecular flexibility index (Phi) is 5.40. The van der Waals surface area contributed by atoms with E-state index in [-0.39, 0.29) is 33.9 Å². The van der Waals surface area contributed by atoms with Crippen LogP contribution in [0.2, 0.25) is 10.0 Å². The van der Waals surface area contributed by atoms with Gasteiger partial charge in [0.1, 0.15) is 4.90 Å². The summed E-state index contributed by atoms with van der Waals surface area (Å²) in [6, 6.07) is 4.18. The van der Waals surface area contributed by atoms with Crippen LogP contribution < -0.4 is 10.0 Å². The Labute approximate surface area is 116 Å². The lowest BCUT2D eigenvalue weighted by atomic mass is 10.4. The van der Waals surface area contributed by atoms with E-state index in [9.17, 15) is 13.2 Å². The molecular weight excluding hydrogens is 299 g/mol. The zero-order valence-corrected chi connectivity index (χ0v) is 11.9. The third-order valence-corrected chi connectivity index (χ3v) is 4.15. The molecule has 0 radical (unpaired) electrons. The van der Waals surface area contributed by atoms with Crippen LogP contribution in [0.25, 0.3) is 0 Å². The molecule has 0 aliphatic heterocycles. The second-order valence-corrected chi connectivity index (χ2v) is 6.03. The van der Waals surface area contributed by atoms with Crippen molar-refractivity contribution in [3.8, 4) is 0 Å². The van der Waals surface area contributed by atoms with Crippen molar-refractivity contribution in [2.24, 2.45) is 0 Å². The van der Waals surface area contributed by atoms with Gasteiger partial charge < -0.3 is 5.32 Å². The Hall–Kier alpha value is -0.820. The van der Waals surface area contributed by atoms with Crippen molar-refractivity contribution >= 4 is 39.1 Å². The van der Waals surface area contributed by atoms with Crippen LogP contribution in [-0.4, -0.2) is 27.4 Å². The van der Waals surface area contributed by atoms with E-state index in [2.05, 4.69) is 10.0 Å². The standard InChI is InChI=1S/C10H12Cl2N2O3S/c1-7(15)13-4-5-14-18(16,17)10-6-8(11)2-3-9(10)12/h2-3,6,14H,4-5H2,1H3,(H,13,15). The molecule has 1 aromatic carbocycles. The lowest BCUT2D eigenvalue weighted by Crippen LogP contribution is -2.33. The number of benzene rings is 1. The largest absolute Gasteiger partial charge is 0.355 e. The number of hydrogen-bond donors (Lipinski definition) is 2. The molecule has 0 unspecified atom stereocenters. The summed E-state index contributed by atoms with van der Waals surface area (Å²) >= 11 is 11.5. The lowest BCUT2D eigenvalue weighted by molar-refractivity contribution is -0.118. The number of amides is 1. The van der Waals surface area contributed by atoms with Gasteiger partial charge in [0.05, 0.1) is 5.02 Å². The molecule has 0 fully saturated rings. The molecule has 0 aliphatic rings. The monoisotopic (exact) mass is 310 g/mol. The molecule has 1 amide bonds. The van der Waals surface area contributed by atoms with Crippen molar-refractivity contribution < 1.29 is 13.2 Å². The van der Waals surface area contributed by atoms with Crippen molar-refractivity contribution in [1.29, 1.82) is 0 Å². The number of halogens is 2. The topological polar surface area (TPSA) is 75.3 Å². The van der Waals surface area contributed by atoms with E-state index in [0.717, 1.165) is 0 Å². The minimum absolute atomic E-state index is 0.0742. The molecule has 0 spiro atoms. The van der Waals surface area contributed by atoms with Gasteiger partial charge in [-0.05, 0) is 18.2 Å². The Morgan fingerprint density at radius 1 is 1.28 bits per heavy atom. The fraction of sp³-hybridized carbons (Fsp3) is 0.300. The maximum atomic E-state index is 11.9. The Morgan fingerprint density at radius 3 is 2.56 bits per heavy atom. The molecule has 8 heteroatoms. The van der Waals surface area contributed by atoms with Gasteiger partial charge in [0.25, 0.3) is 0 Å². The van der Waals surface area contributed by atoms with Crippen LogP contribution in [0.5, 0.6) is 0 Å². The molecule has 18 heavy (non-hydrogen) atoms. The van der Waals surface area contributed by atoms with E-state index >= 15 is 0 Å². The lowest BCUT2D eigenvalue weighted by Gasteiger charge is -2.08. The predicted octanol–water partition coefficient (Wildman–Crippen LogP) is 1.41. The van der Waals surface area contributed by atoms with Gasteiger partial charge in [0.15, 0.2) is 0 Å². The Bertz CT molecular complexity index is 546. The second kappa shape index (κ2) is 6.38. The molecule has 0 heterocycles. The molecule has 0 saturated heterocycles. The molecular formula is C10H12Cl2N2O3S. The van der Waals surface area contributed by atoms with Crippen LogP contribution in [0, 0.1) is 0 Å². The van der Waals surface area contributed by atoms with E-state index in [1.807, 2.05) is 0 Å². The fourth-order valence-electron chi connectivity index (χ4n) is 1.18. The molecule has 1 rings (SSSR count). The SMILES string of the molecule is CC(=O)NCCNS(=O)(=O)c1cc(Cl)ccc1Cl. The van der Waals surface area contributed by atoms with E-state index in [0.29, 0.717) is 0 Å². The van der Waals surface area contributed by atoms with Gasteiger partial charge >= 0.3 is 0 Å². The van der Waals surface area contributed by atoms with E-state index in [1.54, 1.807) is 0 Å². The van der Waals surface area contributed by atoms with Crippen LogP contribution >= 0.6 is 23.2 Å². The van der Waals surface area contributed by atoms with Gasteiger partial charge in [-0.1, -0.05) is 23.2 Å². The van der Waals surface area contributed by atoms with Crippen molar-refractivity contribution in [3.63, 3.8) is 0 Å². The third kappa shape index (κ3) is 4.45. The predicted molar refractivity (Wildman–Crippen MR) is 70.3 cm³/mol.